The molecule has 0 heterocycles. The van der Waals surface area contributed by atoms with Gasteiger partial charge in [-0.25, -0.2) is 0 Å². The Labute approximate surface area is 57.1 Å². The Morgan fingerprint density at radius 3 is 2.38 bits per heavy atom. The molecule has 0 amide bonds. The quantitative estimate of drug-likeness (QED) is 0.566. The number of thioether (sulfide) groups is 1. The third kappa shape index (κ3) is 4.51. The molecular weight excluding hydrogens is 116 g/mol. The summed E-state index contributed by atoms with van der Waals surface area (Å²) in [4.78, 5) is 0. The molecule has 0 aliphatic rings. The van der Waals surface area contributed by atoms with Crippen molar-refractivity contribution in [3.05, 3.63) is 0 Å². The molecule has 0 aliphatic carbocycles. The van der Waals surface area contributed by atoms with Crippen LogP contribution in [-0.4, -0.2) is 11.0 Å². The maximum atomic E-state index is 2.30. The molecule has 1 heteroatoms. The summed E-state index contributed by atoms with van der Waals surface area (Å²) in [7, 11) is 0. The Hall–Kier alpha value is 0.350. The van der Waals surface area contributed by atoms with Crippen molar-refractivity contribution in [1.29, 1.82) is 0 Å². The summed E-state index contributed by atoms with van der Waals surface area (Å²) in [6, 6.07) is 0. The van der Waals surface area contributed by atoms with Crippen LogP contribution in [0.2, 0.25) is 0 Å². The average Bonchev–Trinajstić information content (AvgIpc) is 1.68. The number of rotatable bonds is 4. The van der Waals surface area contributed by atoms with Gasteiger partial charge in [-0.2, -0.15) is 11.8 Å². The Bertz CT molecular complexity index is 37.7. The molecule has 0 aromatic rings. The minimum Gasteiger partial charge on any atom is -0.159 e. The van der Waals surface area contributed by atoms with Gasteiger partial charge in [-0.3, -0.25) is 0 Å². The van der Waals surface area contributed by atoms with E-state index in [0.29, 0.717) is 0 Å². The van der Waals surface area contributed by atoms with Gasteiger partial charge in [0, 0.05) is 5.25 Å². The first-order chi connectivity index (χ1) is 3.81. The minimum absolute atomic E-state index is 0.880. The van der Waals surface area contributed by atoms with Crippen molar-refractivity contribution in [2.24, 2.45) is 0 Å². The van der Waals surface area contributed by atoms with E-state index in [9.17, 15) is 0 Å². The highest BCUT2D eigenvalue weighted by molar-refractivity contribution is 7.99. The van der Waals surface area contributed by atoms with Crippen LogP contribution in [0.5, 0.6) is 0 Å². The Morgan fingerprint density at radius 2 is 2.00 bits per heavy atom. The van der Waals surface area contributed by atoms with Crippen LogP contribution in [0.25, 0.3) is 0 Å². The molecular formula is C7H16S. The summed E-state index contributed by atoms with van der Waals surface area (Å²) < 4.78 is 0. The van der Waals surface area contributed by atoms with Crippen LogP contribution in [-0.2, 0) is 0 Å². The predicted octanol–water partition coefficient (Wildman–Crippen LogP) is 2.93. The summed E-state index contributed by atoms with van der Waals surface area (Å²) in [5.74, 6) is 1.27. The van der Waals surface area contributed by atoms with Crippen molar-refractivity contribution in [3.63, 3.8) is 0 Å². The van der Waals surface area contributed by atoms with Crippen molar-refractivity contribution in [3.8, 4) is 0 Å². The van der Waals surface area contributed by atoms with Crippen LogP contribution in [0.1, 0.15) is 33.6 Å². The summed E-state index contributed by atoms with van der Waals surface area (Å²) in [6.45, 7) is 6.77. The second-order valence-corrected chi connectivity index (χ2v) is 3.77. The third-order valence-electron chi connectivity index (χ3n) is 1.15. The predicted molar refractivity (Wildman–Crippen MR) is 42.5 cm³/mol. The third-order valence-corrected chi connectivity index (χ3v) is 2.28. The smallest absolute Gasteiger partial charge is 0.00185 e. The lowest BCUT2D eigenvalue weighted by atomic mass is 10.3. The highest BCUT2D eigenvalue weighted by Gasteiger charge is 1.96. The van der Waals surface area contributed by atoms with Gasteiger partial charge in [0.2, 0.25) is 0 Å². The topological polar surface area (TPSA) is 0 Å². The van der Waals surface area contributed by atoms with E-state index in [2.05, 4.69) is 32.5 Å². The van der Waals surface area contributed by atoms with Gasteiger partial charge in [0.15, 0.2) is 0 Å². The SMILES string of the molecule is CCC[C@H](C)SCC. The molecule has 0 unspecified atom stereocenters. The van der Waals surface area contributed by atoms with Gasteiger partial charge in [0.25, 0.3) is 0 Å². The van der Waals surface area contributed by atoms with Crippen molar-refractivity contribution in [2.75, 3.05) is 5.75 Å². The van der Waals surface area contributed by atoms with Gasteiger partial charge in [-0.15, -0.1) is 0 Å². The summed E-state index contributed by atoms with van der Waals surface area (Å²) >= 11 is 2.06. The van der Waals surface area contributed by atoms with Crippen molar-refractivity contribution < 1.29 is 0 Å². The molecule has 0 aromatic heterocycles. The van der Waals surface area contributed by atoms with E-state index in [1.807, 2.05) is 0 Å². The maximum absolute atomic E-state index is 2.30. The number of hydrogen-bond acceptors (Lipinski definition) is 1. The van der Waals surface area contributed by atoms with Gasteiger partial charge in [-0.05, 0) is 12.2 Å². The molecule has 0 saturated carbocycles. The van der Waals surface area contributed by atoms with Crippen LogP contribution in [0.4, 0.5) is 0 Å². The summed E-state index contributed by atoms with van der Waals surface area (Å²) in [5, 5.41) is 0.880. The zero-order chi connectivity index (χ0) is 6.41. The van der Waals surface area contributed by atoms with Gasteiger partial charge in [-0.1, -0.05) is 27.2 Å². The lowest BCUT2D eigenvalue weighted by molar-refractivity contribution is 0.787. The van der Waals surface area contributed by atoms with E-state index in [0.717, 1.165) is 5.25 Å². The van der Waals surface area contributed by atoms with Gasteiger partial charge in [0.05, 0.1) is 0 Å². The average molecular weight is 132 g/mol. The van der Waals surface area contributed by atoms with Gasteiger partial charge in [0.1, 0.15) is 0 Å². The molecule has 0 N–H and O–H groups in total. The zero-order valence-corrected chi connectivity index (χ0v) is 6.92. The molecule has 0 spiro atoms. The summed E-state index contributed by atoms with van der Waals surface area (Å²) in [5.41, 5.74) is 0. The van der Waals surface area contributed by atoms with E-state index >= 15 is 0 Å². The van der Waals surface area contributed by atoms with Crippen LogP contribution < -0.4 is 0 Å². The van der Waals surface area contributed by atoms with Gasteiger partial charge >= 0.3 is 0 Å². The highest BCUT2D eigenvalue weighted by Crippen LogP contribution is 2.13. The Balaban J connectivity index is 2.92. The van der Waals surface area contributed by atoms with E-state index in [4.69, 9.17) is 0 Å². The van der Waals surface area contributed by atoms with E-state index < -0.39 is 0 Å². The Kier molecular flexibility index (Phi) is 5.73. The zero-order valence-electron chi connectivity index (χ0n) is 6.11. The molecule has 0 rings (SSSR count). The van der Waals surface area contributed by atoms with E-state index in [1.54, 1.807) is 0 Å². The lowest BCUT2D eigenvalue weighted by Crippen LogP contribution is -1.93. The molecule has 1 atom stereocenters. The second kappa shape index (κ2) is 5.49. The molecule has 0 nitrogen and oxygen atoms in total. The van der Waals surface area contributed by atoms with Crippen LogP contribution in [0.15, 0.2) is 0 Å². The van der Waals surface area contributed by atoms with Crippen LogP contribution in [0.3, 0.4) is 0 Å². The molecule has 0 radical (unpaired) electrons. The normalized spacial score (nSPS) is 13.9. The van der Waals surface area contributed by atoms with Crippen molar-refractivity contribution >= 4 is 11.8 Å². The van der Waals surface area contributed by atoms with Crippen LogP contribution >= 0.6 is 11.8 Å². The van der Waals surface area contributed by atoms with Crippen molar-refractivity contribution in [1.82, 2.24) is 0 Å². The van der Waals surface area contributed by atoms with E-state index in [-0.39, 0.29) is 0 Å². The standard InChI is InChI=1S/C7H16S/c1-4-6-7(3)8-5-2/h7H,4-6H2,1-3H3/t7-/m0/s1. The van der Waals surface area contributed by atoms with Crippen molar-refractivity contribution in [2.45, 2.75) is 38.9 Å². The maximum Gasteiger partial charge on any atom is 0.00185 e. The molecule has 50 valence electrons. The summed E-state index contributed by atoms with van der Waals surface area (Å²) in [6.07, 6.45) is 2.70. The lowest BCUT2D eigenvalue weighted by Gasteiger charge is -2.05. The molecule has 8 heavy (non-hydrogen) atoms. The monoisotopic (exact) mass is 132 g/mol. The minimum atomic E-state index is 0.880. The number of hydrogen-bond donors (Lipinski definition) is 0. The Morgan fingerprint density at radius 1 is 1.38 bits per heavy atom. The largest absolute Gasteiger partial charge is 0.159 e. The molecule has 0 saturated heterocycles. The molecule has 0 aliphatic heterocycles. The van der Waals surface area contributed by atoms with E-state index in [1.165, 1.54) is 18.6 Å². The first kappa shape index (κ1) is 8.35. The highest BCUT2D eigenvalue weighted by atomic mass is 32.2. The second-order valence-electron chi connectivity index (χ2n) is 2.05. The molecule has 0 fully saturated rings. The first-order valence-corrected chi connectivity index (χ1v) is 4.47. The fourth-order valence-electron chi connectivity index (χ4n) is 0.774. The van der Waals surface area contributed by atoms with Crippen LogP contribution in [0, 0.1) is 0 Å². The first-order valence-electron chi connectivity index (χ1n) is 3.42. The fraction of sp³-hybridized carbons (Fsp3) is 1.00. The molecule has 0 aromatic carbocycles. The fourth-order valence-corrected chi connectivity index (χ4v) is 1.75. The van der Waals surface area contributed by atoms with Gasteiger partial charge < -0.3 is 0 Å². The molecule has 0 bridgehead atoms.